The Balaban J connectivity index is 1.64. The van der Waals surface area contributed by atoms with Crippen LogP contribution in [0.2, 0.25) is 0 Å². The number of ether oxygens (including phenoxy) is 1. The first-order valence-electron chi connectivity index (χ1n) is 10.5. The van der Waals surface area contributed by atoms with Crippen LogP contribution in [0.25, 0.3) is 10.9 Å². The summed E-state index contributed by atoms with van der Waals surface area (Å²) in [5.74, 6) is 0.850. The lowest BCUT2D eigenvalue weighted by molar-refractivity contribution is 0.0691. The van der Waals surface area contributed by atoms with Gasteiger partial charge in [0.1, 0.15) is 5.75 Å². The van der Waals surface area contributed by atoms with Crippen LogP contribution in [0.15, 0.2) is 77.3 Å². The number of para-hydroxylation sites is 1. The first kappa shape index (κ1) is 19.9. The molecule has 5 rings (SSSR count). The van der Waals surface area contributed by atoms with Crippen molar-refractivity contribution in [3.8, 4) is 5.75 Å². The zero-order valence-electron chi connectivity index (χ0n) is 17.3. The zero-order chi connectivity index (χ0) is 21.4. The molecule has 0 unspecified atom stereocenters. The van der Waals surface area contributed by atoms with E-state index in [9.17, 15) is 4.79 Å². The topological polar surface area (TPSA) is 45.3 Å². The molecular weight excluding hydrogens is 452 g/mol. The standard InChI is InChI=1S/C26H23BrN2O2/c1-2-31-20-7-5-6-18(16-20)25-24-22(21-8-3-4-9-23(21)28-24)14-15-29(25)26(30)17-10-12-19(27)13-11-17/h3-13,16,25,28H,2,14-15H2,1H3/t25-/m1/s1. The van der Waals surface area contributed by atoms with E-state index < -0.39 is 0 Å². The SMILES string of the molecule is CCOc1cccc([C@@H]2c3[nH]c4ccccc4c3CCN2C(=O)c2ccc(Br)cc2)c1. The maximum atomic E-state index is 13.6. The van der Waals surface area contributed by atoms with Crippen LogP contribution in [-0.4, -0.2) is 28.9 Å². The van der Waals surface area contributed by atoms with Gasteiger partial charge in [0, 0.05) is 33.2 Å². The van der Waals surface area contributed by atoms with Gasteiger partial charge in [-0.2, -0.15) is 0 Å². The molecule has 3 aromatic carbocycles. The molecule has 0 fully saturated rings. The average molecular weight is 475 g/mol. The molecule has 0 saturated carbocycles. The summed E-state index contributed by atoms with van der Waals surface area (Å²) in [5, 5.41) is 1.24. The molecule has 4 nitrogen and oxygen atoms in total. The summed E-state index contributed by atoms with van der Waals surface area (Å²) in [6.07, 6.45) is 0.823. The maximum Gasteiger partial charge on any atom is 0.254 e. The van der Waals surface area contributed by atoms with E-state index in [1.165, 1.54) is 10.9 Å². The van der Waals surface area contributed by atoms with Crippen molar-refractivity contribution in [3.63, 3.8) is 0 Å². The Morgan fingerprint density at radius 3 is 2.71 bits per heavy atom. The molecule has 0 aliphatic carbocycles. The molecule has 0 spiro atoms. The van der Waals surface area contributed by atoms with Crippen molar-refractivity contribution in [1.29, 1.82) is 0 Å². The van der Waals surface area contributed by atoms with Gasteiger partial charge in [-0.25, -0.2) is 0 Å². The number of aromatic nitrogens is 1. The lowest BCUT2D eigenvalue weighted by Crippen LogP contribution is -2.40. The van der Waals surface area contributed by atoms with E-state index in [1.54, 1.807) is 0 Å². The summed E-state index contributed by atoms with van der Waals surface area (Å²) in [6.45, 7) is 3.24. The highest BCUT2D eigenvalue weighted by atomic mass is 79.9. The molecule has 0 radical (unpaired) electrons. The van der Waals surface area contributed by atoms with Gasteiger partial charge in [-0.1, -0.05) is 46.3 Å². The Bertz CT molecular complexity index is 1250. The van der Waals surface area contributed by atoms with Crippen molar-refractivity contribution in [1.82, 2.24) is 9.88 Å². The predicted molar refractivity (Wildman–Crippen MR) is 127 cm³/mol. The molecule has 2 heterocycles. The normalized spacial score (nSPS) is 15.7. The van der Waals surface area contributed by atoms with Crippen molar-refractivity contribution in [2.45, 2.75) is 19.4 Å². The van der Waals surface area contributed by atoms with Gasteiger partial charge in [0.2, 0.25) is 0 Å². The molecule has 1 aliphatic rings. The molecule has 0 bridgehead atoms. The van der Waals surface area contributed by atoms with Crippen LogP contribution in [-0.2, 0) is 6.42 Å². The van der Waals surface area contributed by atoms with Gasteiger partial charge >= 0.3 is 0 Å². The Morgan fingerprint density at radius 2 is 1.90 bits per heavy atom. The first-order valence-corrected chi connectivity index (χ1v) is 11.3. The monoisotopic (exact) mass is 474 g/mol. The third kappa shape index (κ3) is 3.63. The molecule has 1 atom stereocenters. The van der Waals surface area contributed by atoms with Crippen molar-refractivity contribution in [2.24, 2.45) is 0 Å². The van der Waals surface area contributed by atoms with Gasteiger partial charge < -0.3 is 14.6 Å². The summed E-state index contributed by atoms with van der Waals surface area (Å²) in [6, 6.07) is 23.8. The Kier molecular flexibility index (Phi) is 5.28. The minimum atomic E-state index is -0.201. The van der Waals surface area contributed by atoms with Gasteiger partial charge in [0.25, 0.3) is 5.91 Å². The molecule has 1 N–H and O–H groups in total. The maximum absolute atomic E-state index is 13.6. The summed E-state index contributed by atoms with van der Waals surface area (Å²) in [4.78, 5) is 19.2. The molecule has 5 heteroatoms. The van der Waals surface area contributed by atoms with Crippen LogP contribution in [0.5, 0.6) is 5.75 Å². The smallest absolute Gasteiger partial charge is 0.254 e. The lowest BCUT2D eigenvalue weighted by Gasteiger charge is -2.36. The van der Waals surface area contributed by atoms with Crippen molar-refractivity contribution in [3.05, 3.63) is 99.7 Å². The summed E-state index contributed by atoms with van der Waals surface area (Å²) < 4.78 is 6.72. The number of fused-ring (bicyclic) bond motifs is 3. The van der Waals surface area contributed by atoms with E-state index in [0.717, 1.165) is 33.4 Å². The minimum Gasteiger partial charge on any atom is -0.494 e. The van der Waals surface area contributed by atoms with Gasteiger partial charge in [-0.15, -0.1) is 0 Å². The fraction of sp³-hybridized carbons (Fsp3) is 0.192. The Labute approximate surface area is 190 Å². The fourth-order valence-electron chi connectivity index (χ4n) is 4.51. The van der Waals surface area contributed by atoms with Crippen LogP contribution in [0.3, 0.4) is 0 Å². The molecule has 0 saturated heterocycles. The van der Waals surface area contributed by atoms with E-state index in [2.05, 4.69) is 51.2 Å². The second-order valence-corrected chi connectivity index (χ2v) is 8.64. The number of rotatable bonds is 4. The number of hydrogen-bond donors (Lipinski definition) is 1. The van der Waals surface area contributed by atoms with Gasteiger partial charge in [0.05, 0.1) is 12.6 Å². The van der Waals surface area contributed by atoms with Crippen molar-refractivity contribution >= 4 is 32.7 Å². The molecule has 1 aromatic heterocycles. The number of nitrogens with one attached hydrogen (secondary N) is 1. The van der Waals surface area contributed by atoms with Gasteiger partial charge in [-0.05, 0) is 66.9 Å². The number of carbonyl (C=O) groups is 1. The third-order valence-electron chi connectivity index (χ3n) is 5.87. The number of benzene rings is 3. The molecule has 4 aromatic rings. The van der Waals surface area contributed by atoms with E-state index in [4.69, 9.17) is 4.74 Å². The van der Waals surface area contributed by atoms with E-state index in [0.29, 0.717) is 18.7 Å². The largest absolute Gasteiger partial charge is 0.494 e. The summed E-state index contributed by atoms with van der Waals surface area (Å²) in [5.41, 5.74) is 5.22. The zero-order valence-corrected chi connectivity index (χ0v) is 18.9. The van der Waals surface area contributed by atoms with E-state index in [1.807, 2.05) is 54.3 Å². The quantitative estimate of drug-likeness (QED) is 0.387. The van der Waals surface area contributed by atoms with Crippen LogP contribution in [0.1, 0.15) is 40.1 Å². The Hall–Kier alpha value is -3.05. The highest BCUT2D eigenvalue weighted by Gasteiger charge is 2.35. The number of hydrogen-bond acceptors (Lipinski definition) is 2. The van der Waals surface area contributed by atoms with Crippen LogP contribution < -0.4 is 4.74 Å². The minimum absolute atomic E-state index is 0.0311. The number of carbonyl (C=O) groups excluding carboxylic acids is 1. The highest BCUT2D eigenvalue weighted by molar-refractivity contribution is 9.10. The number of H-pyrrole nitrogens is 1. The van der Waals surface area contributed by atoms with Crippen molar-refractivity contribution in [2.75, 3.05) is 13.2 Å². The molecular formula is C26H23BrN2O2. The summed E-state index contributed by atoms with van der Waals surface area (Å²) >= 11 is 3.46. The number of nitrogens with zero attached hydrogens (tertiary/aromatic N) is 1. The van der Waals surface area contributed by atoms with Crippen LogP contribution in [0, 0.1) is 0 Å². The lowest BCUT2D eigenvalue weighted by atomic mass is 9.91. The first-order chi connectivity index (χ1) is 15.2. The van der Waals surface area contributed by atoms with Crippen LogP contribution >= 0.6 is 15.9 Å². The Morgan fingerprint density at radius 1 is 1.10 bits per heavy atom. The molecule has 156 valence electrons. The number of halogens is 1. The number of aromatic amines is 1. The summed E-state index contributed by atoms with van der Waals surface area (Å²) in [7, 11) is 0. The predicted octanol–water partition coefficient (Wildman–Crippen LogP) is 6.12. The van der Waals surface area contributed by atoms with Gasteiger partial charge in [-0.3, -0.25) is 4.79 Å². The van der Waals surface area contributed by atoms with E-state index in [-0.39, 0.29) is 11.9 Å². The van der Waals surface area contributed by atoms with Crippen LogP contribution in [0.4, 0.5) is 0 Å². The molecule has 31 heavy (non-hydrogen) atoms. The van der Waals surface area contributed by atoms with E-state index >= 15 is 0 Å². The molecule has 1 amide bonds. The molecule has 1 aliphatic heterocycles. The average Bonchev–Trinajstić information content (AvgIpc) is 3.17. The fourth-order valence-corrected chi connectivity index (χ4v) is 4.77. The second-order valence-electron chi connectivity index (χ2n) is 7.73. The second kappa shape index (κ2) is 8.23. The van der Waals surface area contributed by atoms with Gasteiger partial charge in [0.15, 0.2) is 0 Å². The number of amides is 1. The third-order valence-corrected chi connectivity index (χ3v) is 6.40. The van der Waals surface area contributed by atoms with Crippen molar-refractivity contribution < 1.29 is 9.53 Å². The highest BCUT2D eigenvalue weighted by Crippen LogP contribution is 2.39.